The topological polar surface area (TPSA) is 84.2 Å². The van der Waals surface area contributed by atoms with Gasteiger partial charge in [0.2, 0.25) is 5.91 Å². The number of rotatable bonds is 4. The summed E-state index contributed by atoms with van der Waals surface area (Å²) in [4.78, 5) is 23.2. The van der Waals surface area contributed by atoms with E-state index in [-0.39, 0.29) is 24.4 Å². The maximum atomic E-state index is 11.7. The fraction of sp³-hybridized carbons (Fsp3) is 0.385. The standard InChI is InChI=1S/C13H17N3O2/c1-8-6-11(8)16-12(17)7-15-13(18)9-2-4-10(14)5-3-9/h2-5,8,11H,6-7,14H2,1H3,(H,15,18)(H,16,17). The van der Waals surface area contributed by atoms with Crippen LogP contribution in [0.1, 0.15) is 23.7 Å². The second-order valence-electron chi connectivity index (χ2n) is 4.69. The lowest BCUT2D eigenvalue weighted by atomic mass is 10.2. The Morgan fingerprint density at radius 2 is 1.94 bits per heavy atom. The Labute approximate surface area is 106 Å². The second kappa shape index (κ2) is 5.08. The van der Waals surface area contributed by atoms with Crippen LogP contribution in [0.25, 0.3) is 0 Å². The SMILES string of the molecule is CC1CC1NC(=O)CNC(=O)c1ccc(N)cc1. The predicted molar refractivity (Wildman–Crippen MR) is 68.9 cm³/mol. The Balaban J connectivity index is 1.77. The molecule has 0 saturated heterocycles. The lowest BCUT2D eigenvalue weighted by Gasteiger charge is -2.06. The average molecular weight is 247 g/mol. The van der Waals surface area contributed by atoms with Crippen molar-refractivity contribution in [1.29, 1.82) is 0 Å². The van der Waals surface area contributed by atoms with Gasteiger partial charge in [-0.3, -0.25) is 9.59 Å². The summed E-state index contributed by atoms with van der Waals surface area (Å²) in [6.45, 7) is 2.09. The van der Waals surface area contributed by atoms with E-state index in [1.54, 1.807) is 24.3 Å². The minimum absolute atomic E-state index is 0.00638. The first-order chi connectivity index (χ1) is 8.56. The Morgan fingerprint density at radius 1 is 1.33 bits per heavy atom. The van der Waals surface area contributed by atoms with E-state index in [0.717, 1.165) is 6.42 Å². The highest BCUT2D eigenvalue weighted by Gasteiger charge is 2.33. The third-order valence-corrected chi connectivity index (χ3v) is 3.04. The number of carbonyl (C=O) groups excluding carboxylic acids is 2. The number of benzene rings is 1. The molecule has 2 unspecified atom stereocenters. The summed E-state index contributed by atoms with van der Waals surface area (Å²) in [6.07, 6.45) is 1.03. The first kappa shape index (κ1) is 12.4. The first-order valence-corrected chi connectivity index (χ1v) is 5.99. The van der Waals surface area contributed by atoms with Gasteiger partial charge < -0.3 is 16.4 Å². The molecule has 0 aromatic heterocycles. The van der Waals surface area contributed by atoms with Gasteiger partial charge in [-0.2, -0.15) is 0 Å². The molecule has 18 heavy (non-hydrogen) atoms. The van der Waals surface area contributed by atoms with Crippen LogP contribution in [0.3, 0.4) is 0 Å². The summed E-state index contributed by atoms with van der Waals surface area (Å²) >= 11 is 0. The molecule has 2 rings (SSSR count). The lowest BCUT2D eigenvalue weighted by Crippen LogP contribution is -2.38. The highest BCUT2D eigenvalue weighted by molar-refractivity contribution is 5.96. The van der Waals surface area contributed by atoms with Crippen LogP contribution in [-0.4, -0.2) is 24.4 Å². The van der Waals surface area contributed by atoms with Crippen LogP contribution in [0.5, 0.6) is 0 Å². The molecule has 0 aliphatic heterocycles. The Kier molecular flexibility index (Phi) is 3.50. The predicted octanol–water partition coefficient (Wildman–Crippen LogP) is 0.523. The van der Waals surface area contributed by atoms with Crippen molar-refractivity contribution in [3.05, 3.63) is 29.8 Å². The number of nitrogen functional groups attached to an aromatic ring is 1. The number of nitrogens with one attached hydrogen (secondary N) is 2. The van der Waals surface area contributed by atoms with Gasteiger partial charge in [0, 0.05) is 17.3 Å². The van der Waals surface area contributed by atoms with Crippen LogP contribution < -0.4 is 16.4 Å². The van der Waals surface area contributed by atoms with Gasteiger partial charge in [-0.05, 0) is 36.6 Å². The molecule has 0 heterocycles. The Bertz CT molecular complexity index is 456. The van der Waals surface area contributed by atoms with Crippen molar-refractivity contribution in [3.8, 4) is 0 Å². The molecule has 96 valence electrons. The summed E-state index contributed by atoms with van der Waals surface area (Å²) in [5, 5.41) is 5.42. The van der Waals surface area contributed by atoms with E-state index >= 15 is 0 Å². The summed E-state index contributed by atoms with van der Waals surface area (Å²) in [5.41, 5.74) is 6.63. The maximum Gasteiger partial charge on any atom is 0.251 e. The van der Waals surface area contributed by atoms with Crippen molar-refractivity contribution in [1.82, 2.24) is 10.6 Å². The molecule has 1 fully saturated rings. The summed E-state index contributed by atoms with van der Waals surface area (Å²) < 4.78 is 0. The molecule has 1 aliphatic rings. The zero-order chi connectivity index (χ0) is 13.1. The highest BCUT2D eigenvalue weighted by Crippen LogP contribution is 2.28. The molecule has 1 aromatic rings. The normalized spacial score (nSPS) is 21.2. The molecule has 5 heteroatoms. The van der Waals surface area contributed by atoms with Crippen LogP contribution in [0.15, 0.2) is 24.3 Å². The molecule has 2 amide bonds. The zero-order valence-corrected chi connectivity index (χ0v) is 10.3. The van der Waals surface area contributed by atoms with Gasteiger partial charge in [0.1, 0.15) is 0 Å². The lowest BCUT2D eigenvalue weighted by molar-refractivity contribution is -0.120. The van der Waals surface area contributed by atoms with Gasteiger partial charge in [-0.25, -0.2) is 0 Å². The van der Waals surface area contributed by atoms with E-state index in [9.17, 15) is 9.59 Å². The molecule has 1 saturated carbocycles. The summed E-state index contributed by atoms with van der Waals surface area (Å²) in [5.74, 6) is 0.142. The van der Waals surface area contributed by atoms with Gasteiger partial charge in [-0.1, -0.05) is 6.92 Å². The van der Waals surface area contributed by atoms with Crippen molar-refractivity contribution < 1.29 is 9.59 Å². The molecule has 1 aliphatic carbocycles. The molecular weight excluding hydrogens is 230 g/mol. The van der Waals surface area contributed by atoms with Gasteiger partial charge in [0.05, 0.1) is 6.54 Å². The first-order valence-electron chi connectivity index (χ1n) is 5.99. The van der Waals surface area contributed by atoms with Crippen LogP contribution in [0, 0.1) is 5.92 Å². The third kappa shape index (κ3) is 3.23. The minimum Gasteiger partial charge on any atom is -0.399 e. The number of amides is 2. The number of anilines is 1. The third-order valence-electron chi connectivity index (χ3n) is 3.04. The van der Waals surface area contributed by atoms with E-state index in [1.807, 2.05) is 0 Å². The molecule has 0 spiro atoms. The van der Waals surface area contributed by atoms with Crippen LogP contribution >= 0.6 is 0 Å². The second-order valence-corrected chi connectivity index (χ2v) is 4.69. The molecule has 2 atom stereocenters. The number of nitrogens with two attached hydrogens (primary N) is 1. The quantitative estimate of drug-likeness (QED) is 0.678. The molecular formula is C13H17N3O2. The van der Waals surface area contributed by atoms with E-state index in [1.165, 1.54) is 0 Å². The monoisotopic (exact) mass is 247 g/mol. The van der Waals surface area contributed by atoms with Crippen LogP contribution in [-0.2, 0) is 4.79 Å². The highest BCUT2D eigenvalue weighted by atomic mass is 16.2. The smallest absolute Gasteiger partial charge is 0.251 e. The van der Waals surface area contributed by atoms with Crippen molar-refractivity contribution in [2.75, 3.05) is 12.3 Å². The van der Waals surface area contributed by atoms with Gasteiger partial charge in [0.25, 0.3) is 5.91 Å². The van der Waals surface area contributed by atoms with E-state index < -0.39 is 0 Å². The van der Waals surface area contributed by atoms with E-state index in [0.29, 0.717) is 17.2 Å². The number of hydrogen-bond donors (Lipinski definition) is 3. The Hall–Kier alpha value is -2.04. The molecule has 5 nitrogen and oxygen atoms in total. The van der Waals surface area contributed by atoms with Gasteiger partial charge in [-0.15, -0.1) is 0 Å². The Morgan fingerprint density at radius 3 is 2.50 bits per heavy atom. The molecule has 1 aromatic carbocycles. The van der Waals surface area contributed by atoms with Crippen LogP contribution in [0.4, 0.5) is 5.69 Å². The van der Waals surface area contributed by atoms with Gasteiger partial charge >= 0.3 is 0 Å². The van der Waals surface area contributed by atoms with Crippen molar-refractivity contribution in [2.45, 2.75) is 19.4 Å². The fourth-order valence-electron chi connectivity index (χ4n) is 1.68. The van der Waals surface area contributed by atoms with Crippen molar-refractivity contribution in [3.63, 3.8) is 0 Å². The maximum absolute atomic E-state index is 11.7. The molecule has 0 radical (unpaired) electrons. The summed E-state index contributed by atoms with van der Waals surface area (Å²) in [7, 11) is 0. The number of carbonyl (C=O) groups is 2. The summed E-state index contributed by atoms with van der Waals surface area (Å²) in [6, 6.07) is 6.85. The molecule has 0 bridgehead atoms. The van der Waals surface area contributed by atoms with Crippen molar-refractivity contribution >= 4 is 17.5 Å². The minimum atomic E-state index is -0.269. The average Bonchev–Trinajstić information content (AvgIpc) is 3.02. The van der Waals surface area contributed by atoms with Crippen molar-refractivity contribution in [2.24, 2.45) is 5.92 Å². The van der Waals surface area contributed by atoms with E-state index in [4.69, 9.17) is 5.73 Å². The molecule has 4 N–H and O–H groups in total. The van der Waals surface area contributed by atoms with Crippen LogP contribution in [0.2, 0.25) is 0 Å². The number of hydrogen-bond acceptors (Lipinski definition) is 3. The fourth-order valence-corrected chi connectivity index (χ4v) is 1.68. The zero-order valence-electron chi connectivity index (χ0n) is 10.3. The van der Waals surface area contributed by atoms with Gasteiger partial charge in [0.15, 0.2) is 0 Å². The van der Waals surface area contributed by atoms with E-state index in [2.05, 4.69) is 17.6 Å². The largest absolute Gasteiger partial charge is 0.399 e.